The normalized spacial score (nSPS) is 19.7. The predicted octanol–water partition coefficient (Wildman–Crippen LogP) is 1.70. The fourth-order valence-corrected chi connectivity index (χ4v) is 1.43. The van der Waals surface area contributed by atoms with Crippen molar-refractivity contribution < 1.29 is 9.51 Å². The van der Waals surface area contributed by atoms with Crippen LogP contribution >= 0.6 is 0 Å². The number of halogens is 1. The molecule has 0 heterocycles. The molecule has 1 aliphatic rings. The van der Waals surface area contributed by atoms with E-state index in [1.165, 1.54) is 0 Å². The van der Waals surface area contributed by atoms with Crippen LogP contribution in [0.25, 0.3) is 0 Å². The van der Waals surface area contributed by atoms with Crippen LogP contribution in [-0.4, -0.2) is 16.3 Å². The zero-order valence-corrected chi connectivity index (χ0v) is 6.20. The van der Waals surface area contributed by atoms with Gasteiger partial charge >= 0.3 is 0 Å². The lowest BCUT2D eigenvalue weighted by Gasteiger charge is -2.20. The van der Waals surface area contributed by atoms with E-state index in [0.717, 1.165) is 19.3 Å². The highest BCUT2D eigenvalue weighted by atomic mass is 19.2. The molecule has 0 unspecified atom stereocenters. The highest BCUT2D eigenvalue weighted by molar-refractivity contribution is 4.67. The third kappa shape index (κ3) is 2.03. The second kappa shape index (κ2) is 3.50. The van der Waals surface area contributed by atoms with Gasteiger partial charge in [-0.1, -0.05) is 19.3 Å². The maximum Gasteiger partial charge on any atom is 0.191 e. The average molecular weight is 162 g/mol. The van der Waals surface area contributed by atoms with E-state index in [1.807, 2.05) is 0 Å². The van der Waals surface area contributed by atoms with Gasteiger partial charge < -0.3 is 0 Å². The molecular formula is C6H11FN2O2. The Kier molecular flexibility index (Phi) is 2.62. The van der Waals surface area contributed by atoms with Crippen LogP contribution in [0.1, 0.15) is 32.1 Å². The fourth-order valence-electron chi connectivity index (χ4n) is 1.43. The van der Waals surface area contributed by atoms with Gasteiger partial charge in [0.25, 0.3) is 0 Å². The lowest BCUT2D eigenvalue weighted by Crippen LogP contribution is -2.34. The molecule has 5 heteroatoms. The van der Waals surface area contributed by atoms with E-state index in [-0.39, 0.29) is 5.23 Å². The van der Waals surface area contributed by atoms with Gasteiger partial charge in [-0.05, 0) is 17.3 Å². The number of nitrogens with zero attached hydrogens (tertiary/aromatic N) is 2. The molecule has 4 nitrogen and oxygen atoms in total. The SMILES string of the molecule is O=[N+]([O-])N(F)C1CCCCC1. The lowest BCUT2D eigenvalue weighted by molar-refractivity contribution is -0.715. The molecule has 0 amide bonds. The van der Waals surface area contributed by atoms with Crippen molar-refractivity contribution in [1.82, 2.24) is 5.23 Å². The first-order chi connectivity index (χ1) is 5.22. The number of rotatable bonds is 2. The predicted molar refractivity (Wildman–Crippen MR) is 36.8 cm³/mol. The molecule has 0 aromatic rings. The third-order valence-corrected chi connectivity index (χ3v) is 2.03. The molecule has 1 aliphatic carbocycles. The van der Waals surface area contributed by atoms with Gasteiger partial charge in [0.05, 0.1) is 5.23 Å². The smallest absolute Gasteiger partial charge is 0.191 e. The zero-order valence-electron chi connectivity index (χ0n) is 6.20. The molecule has 0 aromatic heterocycles. The van der Waals surface area contributed by atoms with Crippen molar-refractivity contribution >= 4 is 0 Å². The fraction of sp³-hybridized carbons (Fsp3) is 1.00. The lowest BCUT2D eigenvalue weighted by atomic mass is 9.96. The van der Waals surface area contributed by atoms with Crippen molar-refractivity contribution in [2.75, 3.05) is 0 Å². The summed E-state index contributed by atoms with van der Waals surface area (Å²) >= 11 is 0. The van der Waals surface area contributed by atoms with E-state index in [4.69, 9.17) is 0 Å². The second-order valence-corrected chi connectivity index (χ2v) is 2.82. The summed E-state index contributed by atoms with van der Waals surface area (Å²) in [4.78, 5) is 9.96. The Balaban J connectivity index is 2.38. The summed E-state index contributed by atoms with van der Waals surface area (Å²) in [5.74, 6) is 0. The maximum atomic E-state index is 12.5. The van der Waals surface area contributed by atoms with Crippen LogP contribution in [0, 0.1) is 10.1 Å². The number of hydrogen-bond donors (Lipinski definition) is 0. The Hall–Kier alpha value is -0.870. The quantitative estimate of drug-likeness (QED) is 0.352. The Morgan fingerprint density at radius 1 is 1.36 bits per heavy atom. The summed E-state index contributed by atoms with van der Waals surface area (Å²) < 4.78 is 12.5. The van der Waals surface area contributed by atoms with E-state index in [1.54, 1.807) is 0 Å². The minimum atomic E-state index is -0.976. The van der Waals surface area contributed by atoms with Crippen LogP contribution < -0.4 is 0 Å². The molecule has 0 saturated heterocycles. The van der Waals surface area contributed by atoms with Gasteiger partial charge in [-0.2, -0.15) is 0 Å². The Morgan fingerprint density at radius 2 is 1.91 bits per heavy atom. The summed E-state index contributed by atoms with van der Waals surface area (Å²) in [6, 6.07) is -0.487. The van der Waals surface area contributed by atoms with Crippen molar-refractivity contribution in [2.24, 2.45) is 0 Å². The first kappa shape index (κ1) is 8.23. The van der Waals surface area contributed by atoms with E-state index < -0.39 is 11.1 Å². The van der Waals surface area contributed by atoms with Crippen LogP contribution in [0.4, 0.5) is 4.48 Å². The summed E-state index contributed by atoms with van der Waals surface area (Å²) in [5.41, 5.74) is 0. The molecule has 0 atom stereocenters. The molecule has 0 bridgehead atoms. The zero-order chi connectivity index (χ0) is 8.27. The van der Waals surface area contributed by atoms with Gasteiger partial charge in [0, 0.05) is 0 Å². The number of hydrazine groups is 1. The second-order valence-electron chi connectivity index (χ2n) is 2.82. The van der Waals surface area contributed by atoms with Gasteiger partial charge in [-0.15, -0.1) is 0 Å². The van der Waals surface area contributed by atoms with Crippen LogP contribution in [0.3, 0.4) is 0 Å². The van der Waals surface area contributed by atoms with Crippen molar-refractivity contribution in [3.05, 3.63) is 10.1 Å². The van der Waals surface area contributed by atoms with Crippen molar-refractivity contribution in [3.8, 4) is 0 Å². The van der Waals surface area contributed by atoms with Gasteiger partial charge in [0.15, 0.2) is 5.03 Å². The molecule has 0 aliphatic heterocycles. The van der Waals surface area contributed by atoms with E-state index in [0.29, 0.717) is 12.8 Å². The molecule has 1 fully saturated rings. The van der Waals surface area contributed by atoms with Crippen LogP contribution in [0.15, 0.2) is 0 Å². The monoisotopic (exact) mass is 162 g/mol. The minimum Gasteiger partial charge on any atom is -0.233 e. The standard InChI is InChI=1S/C6H11FN2O2/c7-8(9(10)11)6-4-2-1-3-5-6/h6H,1-5H2. The van der Waals surface area contributed by atoms with Gasteiger partial charge in [0.1, 0.15) is 6.04 Å². The van der Waals surface area contributed by atoms with Gasteiger partial charge in [0.2, 0.25) is 0 Å². The van der Waals surface area contributed by atoms with Gasteiger partial charge in [-0.25, -0.2) is 10.1 Å². The maximum absolute atomic E-state index is 12.5. The Morgan fingerprint density at radius 3 is 2.36 bits per heavy atom. The highest BCUT2D eigenvalue weighted by Gasteiger charge is 2.28. The number of hydrogen-bond acceptors (Lipinski definition) is 2. The largest absolute Gasteiger partial charge is 0.233 e. The Labute approximate surface area is 64.0 Å². The molecule has 1 rings (SSSR count). The summed E-state index contributed by atoms with van der Waals surface area (Å²) in [6.07, 6.45) is 4.09. The van der Waals surface area contributed by atoms with Gasteiger partial charge in [-0.3, -0.25) is 0 Å². The van der Waals surface area contributed by atoms with Crippen LogP contribution in [-0.2, 0) is 0 Å². The molecular weight excluding hydrogens is 151 g/mol. The molecule has 11 heavy (non-hydrogen) atoms. The topological polar surface area (TPSA) is 46.4 Å². The van der Waals surface area contributed by atoms with Crippen molar-refractivity contribution in [3.63, 3.8) is 0 Å². The average Bonchev–Trinajstić information content (AvgIpc) is 2.05. The molecule has 0 aromatic carbocycles. The third-order valence-electron chi connectivity index (χ3n) is 2.03. The Bertz CT molecular complexity index is 148. The summed E-state index contributed by atoms with van der Waals surface area (Å²) in [6.45, 7) is 0. The molecule has 0 spiro atoms. The first-order valence-corrected chi connectivity index (χ1v) is 3.81. The van der Waals surface area contributed by atoms with E-state index in [2.05, 4.69) is 0 Å². The molecule has 0 radical (unpaired) electrons. The van der Waals surface area contributed by atoms with Crippen LogP contribution in [0.5, 0.6) is 0 Å². The van der Waals surface area contributed by atoms with Crippen molar-refractivity contribution in [2.45, 2.75) is 38.1 Å². The first-order valence-electron chi connectivity index (χ1n) is 3.81. The van der Waals surface area contributed by atoms with Crippen molar-refractivity contribution in [1.29, 1.82) is 0 Å². The molecule has 1 saturated carbocycles. The van der Waals surface area contributed by atoms with E-state index in [9.17, 15) is 14.6 Å². The molecule has 0 N–H and O–H groups in total. The number of nitro groups is 1. The minimum absolute atomic E-state index is 0.251. The van der Waals surface area contributed by atoms with E-state index >= 15 is 0 Å². The van der Waals surface area contributed by atoms with Crippen LogP contribution in [0.2, 0.25) is 0 Å². The summed E-state index contributed by atoms with van der Waals surface area (Å²) in [5, 5.41) is 8.73. The molecule has 64 valence electrons. The summed E-state index contributed by atoms with van der Waals surface area (Å²) in [7, 11) is 0. The highest BCUT2D eigenvalue weighted by Crippen LogP contribution is 2.22.